The minimum Gasteiger partial charge on any atom is -0.302 e. The molecule has 182 valence electrons. The molecule has 0 bridgehead atoms. The number of phosphoric acid groups is 1. The molecule has 0 radical (unpaired) electrons. The molecule has 0 heterocycles. The molecule has 0 rings (SSSR count). The van der Waals surface area contributed by atoms with E-state index >= 15 is 0 Å². The van der Waals surface area contributed by atoms with Crippen molar-refractivity contribution in [1.82, 2.24) is 5.06 Å². The van der Waals surface area contributed by atoms with Gasteiger partial charge >= 0.3 is 7.82 Å². The maximum atomic E-state index is 11.2. The van der Waals surface area contributed by atoms with Crippen molar-refractivity contribution in [2.75, 3.05) is 13.1 Å². The second-order valence-corrected chi connectivity index (χ2v) is 10.0. The first-order chi connectivity index (χ1) is 14.5. The third kappa shape index (κ3) is 24.3. The van der Waals surface area contributed by atoms with Gasteiger partial charge in [0, 0.05) is 13.1 Å². The highest BCUT2D eigenvalue weighted by molar-refractivity contribution is 7.46. The van der Waals surface area contributed by atoms with Gasteiger partial charge in [0.15, 0.2) is 0 Å². The molecule has 0 aromatic heterocycles. The van der Waals surface area contributed by atoms with Gasteiger partial charge in [-0.3, -0.25) is 0 Å². The third-order valence-corrected chi connectivity index (χ3v) is 6.19. The van der Waals surface area contributed by atoms with Gasteiger partial charge in [-0.05, 0) is 12.8 Å². The normalized spacial score (nSPS) is 12.2. The topological polar surface area (TPSA) is 70.0 Å². The van der Waals surface area contributed by atoms with Crippen LogP contribution in [-0.2, 0) is 9.19 Å². The average molecular weight is 450 g/mol. The zero-order valence-electron chi connectivity index (χ0n) is 20.2. The van der Waals surface area contributed by atoms with Gasteiger partial charge in [-0.2, -0.15) is 9.69 Å². The molecule has 0 unspecified atom stereocenters. The molecular formula is C24H52NO4P. The Morgan fingerprint density at radius 3 is 1.07 bits per heavy atom. The van der Waals surface area contributed by atoms with E-state index in [-0.39, 0.29) is 0 Å². The van der Waals surface area contributed by atoms with Crippen LogP contribution in [0.15, 0.2) is 0 Å². The lowest BCUT2D eigenvalue weighted by Crippen LogP contribution is -2.25. The van der Waals surface area contributed by atoms with E-state index in [1.807, 2.05) is 0 Å². The Hall–Kier alpha value is 0.0700. The summed E-state index contributed by atoms with van der Waals surface area (Å²) in [6.07, 6.45) is 25.1. The summed E-state index contributed by atoms with van der Waals surface area (Å²) >= 11 is 0. The lowest BCUT2D eigenvalue weighted by molar-refractivity contribution is -0.0829. The van der Waals surface area contributed by atoms with E-state index in [0.717, 1.165) is 25.7 Å². The lowest BCUT2D eigenvalue weighted by atomic mass is 10.1. The van der Waals surface area contributed by atoms with Crippen molar-refractivity contribution in [3.8, 4) is 0 Å². The van der Waals surface area contributed by atoms with Crippen molar-refractivity contribution in [3.63, 3.8) is 0 Å². The minimum atomic E-state index is -4.46. The van der Waals surface area contributed by atoms with Crippen LogP contribution in [0.4, 0.5) is 0 Å². The molecule has 0 spiro atoms. The zero-order chi connectivity index (χ0) is 22.3. The first-order valence-electron chi connectivity index (χ1n) is 13.0. The fourth-order valence-corrected chi connectivity index (χ4v) is 4.36. The molecular weight excluding hydrogens is 397 g/mol. The number of rotatable bonds is 24. The van der Waals surface area contributed by atoms with E-state index in [0.29, 0.717) is 13.1 Å². The first-order valence-corrected chi connectivity index (χ1v) is 14.5. The van der Waals surface area contributed by atoms with Crippen molar-refractivity contribution >= 4 is 7.82 Å². The van der Waals surface area contributed by atoms with E-state index in [1.54, 1.807) is 0 Å². The predicted octanol–water partition coefficient (Wildman–Crippen LogP) is 8.15. The van der Waals surface area contributed by atoms with Crippen molar-refractivity contribution in [1.29, 1.82) is 0 Å². The molecule has 0 amide bonds. The maximum Gasteiger partial charge on any atom is 0.486 e. The monoisotopic (exact) mass is 449 g/mol. The molecule has 0 aliphatic rings. The smallest absolute Gasteiger partial charge is 0.302 e. The Morgan fingerprint density at radius 2 is 0.800 bits per heavy atom. The van der Waals surface area contributed by atoms with Crippen LogP contribution in [0.5, 0.6) is 0 Å². The van der Waals surface area contributed by atoms with Gasteiger partial charge in [-0.15, -0.1) is 0 Å². The van der Waals surface area contributed by atoms with Gasteiger partial charge in [0.2, 0.25) is 0 Å². The lowest BCUT2D eigenvalue weighted by Gasteiger charge is -2.21. The van der Waals surface area contributed by atoms with Crippen molar-refractivity contribution in [3.05, 3.63) is 0 Å². The summed E-state index contributed by atoms with van der Waals surface area (Å²) in [6, 6.07) is 0. The van der Waals surface area contributed by atoms with Crippen LogP contribution in [0.25, 0.3) is 0 Å². The molecule has 0 aliphatic heterocycles. The van der Waals surface area contributed by atoms with Crippen molar-refractivity contribution in [2.45, 2.75) is 142 Å². The van der Waals surface area contributed by atoms with E-state index in [1.165, 1.54) is 108 Å². The molecule has 0 saturated carbocycles. The van der Waals surface area contributed by atoms with Crippen molar-refractivity contribution < 1.29 is 19.0 Å². The highest BCUT2D eigenvalue weighted by Gasteiger charge is 2.20. The van der Waals surface area contributed by atoms with Gasteiger partial charge in [-0.1, -0.05) is 129 Å². The molecule has 0 aliphatic carbocycles. The molecule has 5 nitrogen and oxygen atoms in total. The molecule has 0 saturated heterocycles. The standard InChI is InChI=1S/C24H52NO4P/c1-3-5-7-9-11-13-15-17-19-21-23-25(29-30(26,27)28)24-22-20-18-16-14-12-10-8-6-4-2/h3-24H2,1-2H3,(H2,26,27,28). The summed E-state index contributed by atoms with van der Waals surface area (Å²) in [5.41, 5.74) is 0. The predicted molar refractivity (Wildman–Crippen MR) is 128 cm³/mol. The largest absolute Gasteiger partial charge is 0.486 e. The van der Waals surface area contributed by atoms with Gasteiger partial charge < -0.3 is 9.79 Å². The molecule has 0 aromatic rings. The molecule has 30 heavy (non-hydrogen) atoms. The number of unbranched alkanes of at least 4 members (excludes halogenated alkanes) is 18. The second-order valence-electron chi connectivity index (χ2n) is 8.87. The fraction of sp³-hybridized carbons (Fsp3) is 1.00. The summed E-state index contributed by atoms with van der Waals surface area (Å²) in [6.45, 7) is 5.71. The summed E-state index contributed by atoms with van der Waals surface area (Å²) in [4.78, 5) is 18.3. The van der Waals surface area contributed by atoms with Crippen LogP contribution < -0.4 is 0 Å². The molecule has 0 fully saturated rings. The summed E-state index contributed by atoms with van der Waals surface area (Å²) < 4.78 is 16.1. The van der Waals surface area contributed by atoms with Gasteiger partial charge in [0.25, 0.3) is 0 Å². The van der Waals surface area contributed by atoms with E-state index in [2.05, 4.69) is 13.8 Å². The number of hydroxylamine groups is 2. The summed E-state index contributed by atoms with van der Waals surface area (Å²) in [7, 11) is -4.46. The third-order valence-electron chi connectivity index (χ3n) is 5.74. The van der Waals surface area contributed by atoms with E-state index in [4.69, 9.17) is 14.4 Å². The molecule has 6 heteroatoms. The highest BCUT2D eigenvalue weighted by Crippen LogP contribution is 2.37. The minimum absolute atomic E-state index is 0.610. The Morgan fingerprint density at radius 1 is 0.533 bits per heavy atom. The Kier molecular flexibility index (Phi) is 22.3. The van der Waals surface area contributed by atoms with E-state index in [9.17, 15) is 4.57 Å². The van der Waals surface area contributed by atoms with E-state index < -0.39 is 7.82 Å². The first kappa shape index (κ1) is 30.1. The van der Waals surface area contributed by atoms with Crippen LogP contribution in [0.2, 0.25) is 0 Å². The SMILES string of the molecule is CCCCCCCCCCCCN(CCCCCCCCCCCC)OP(=O)(O)O. The highest BCUT2D eigenvalue weighted by atomic mass is 31.2. The molecule has 0 atom stereocenters. The Bertz CT molecular complexity index is 365. The van der Waals surface area contributed by atoms with Gasteiger partial charge in [0.05, 0.1) is 0 Å². The number of hydrogen-bond acceptors (Lipinski definition) is 3. The molecule has 0 aromatic carbocycles. The average Bonchev–Trinajstić information content (AvgIpc) is 2.69. The van der Waals surface area contributed by atoms with Crippen LogP contribution in [0.1, 0.15) is 142 Å². The summed E-state index contributed by atoms with van der Waals surface area (Å²) in [5.74, 6) is 0. The quantitative estimate of drug-likeness (QED) is 0.0883. The van der Waals surface area contributed by atoms with Crippen molar-refractivity contribution in [2.24, 2.45) is 0 Å². The Balaban J connectivity index is 3.70. The van der Waals surface area contributed by atoms with Crippen LogP contribution >= 0.6 is 7.82 Å². The maximum absolute atomic E-state index is 11.2. The van der Waals surface area contributed by atoms with Crippen LogP contribution in [0.3, 0.4) is 0 Å². The number of hydrogen-bond donors (Lipinski definition) is 2. The van der Waals surface area contributed by atoms with Crippen LogP contribution in [-0.4, -0.2) is 27.9 Å². The summed E-state index contributed by atoms with van der Waals surface area (Å²) in [5, 5.41) is 1.51. The van der Waals surface area contributed by atoms with Gasteiger partial charge in [0.1, 0.15) is 0 Å². The van der Waals surface area contributed by atoms with Crippen LogP contribution in [0, 0.1) is 0 Å². The molecule has 2 N–H and O–H groups in total. The Labute approximate surface area is 187 Å². The second kappa shape index (κ2) is 22.3. The number of nitrogens with zero attached hydrogens (tertiary/aromatic N) is 1. The van der Waals surface area contributed by atoms with Gasteiger partial charge in [-0.25, -0.2) is 4.57 Å². The fourth-order valence-electron chi connectivity index (χ4n) is 3.90. The zero-order valence-corrected chi connectivity index (χ0v) is 21.1.